The van der Waals surface area contributed by atoms with Crippen LogP contribution in [-0.4, -0.2) is 32.7 Å². The van der Waals surface area contributed by atoms with Crippen molar-refractivity contribution in [3.63, 3.8) is 0 Å². The van der Waals surface area contributed by atoms with Crippen LogP contribution in [0.5, 0.6) is 0 Å². The molecule has 3 heterocycles. The molecule has 0 unspecified atom stereocenters. The lowest BCUT2D eigenvalue weighted by Gasteiger charge is -2.27. The van der Waals surface area contributed by atoms with Crippen molar-refractivity contribution in [1.82, 2.24) is 19.9 Å². The van der Waals surface area contributed by atoms with Gasteiger partial charge < -0.3 is 0 Å². The minimum absolute atomic E-state index is 0.232. The number of rotatable bonds is 4. The third kappa shape index (κ3) is 3.76. The first-order valence-electron chi connectivity index (χ1n) is 8.53. The Morgan fingerprint density at radius 1 is 1.08 bits per heavy atom. The number of nitrogens with zero attached hydrogens (tertiary/aromatic N) is 4. The molecule has 0 saturated carbocycles. The zero-order chi connectivity index (χ0) is 17.9. The maximum absolute atomic E-state index is 13.0. The standard InChI is InChI=1S/C20H19FN4S/c1-26-20-23-11-16-13-25(9-8-19(16)24-20)12-14-2-7-18(22-10-14)15-3-5-17(21)6-4-15/h2-7,10-11H,8-9,12-13H2,1H3. The van der Waals surface area contributed by atoms with Gasteiger partial charge in [0.2, 0.25) is 0 Å². The van der Waals surface area contributed by atoms with E-state index < -0.39 is 0 Å². The lowest BCUT2D eigenvalue weighted by Crippen LogP contribution is -2.31. The van der Waals surface area contributed by atoms with Crippen LogP contribution >= 0.6 is 11.8 Å². The van der Waals surface area contributed by atoms with Crippen LogP contribution in [0.25, 0.3) is 11.3 Å². The van der Waals surface area contributed by atoms with Gasteiger partial charge in [-0.05, 0) is 42.2 Å². The Morgan fingerprint density at radius 2 is 1.92 bits per heavy atom. The predicted molar refractivity (Wildman–Crippen MR) is 101 cm³/mol. The highest BCUT2D eigenvalue weighted by Crippen LogP contribution is 2.22. The number of benzene rings is 1. The van der Waals surface area contributed by atoms with Crippen molar-refractivity contribution in [1.29, 1.82) is 0 Å². The topological polar surface area (TPSA) is 41.9 Å². The van der Waals surface area contributed by atoms with Gasteiger partial charge in [-0.15, -0.1) is 0 Å². The minimum Gasteiger partial charge on any atom is -0.294 e. The lowest BCUT2D eigenvalue weighted by atomic mass is 10.1. The summed E-state index contributed by atoms with van der Waals surface area (Å²) in [6, 6.07) is 10.5. The molecule has 0 bridgehead atoms. The van der Waals surface area contributed by atoms with E-state index in [1.54, 1.807) is 23.9 Å². The van der Waals surface area contributed by atoms with E-state index >= 15 is 0 Å². The maximum atomic E-state index is 13.0. The highest BCUT2D eigenvalue weighted by atomic mass is 32.2. The zero-order valence-corrected chi connectivity index (χ0v) is 15.3. The second kappa shape index (κ2) is 7.51. The smallest absolute Gasteiger partial charge is 0.187 e. The molecule has 0 N–H and O–H groups in total. The molecule has 132 valence electrons. The van der Waals surface area contributed by atoms with Gasteiger partial charge in [-0.3, -0.25) is 9.88 Å². The van der Waals surface area contributed by atoms with E-state index in [1.165, 1.54) is 29.0 Å². The Hall–Kier alpha value is -2.31. The fraction of sp³-hybridized carbons (Fsp3) is 0.250. The SMILES string of the molecule is CSc1ncc2c(n1)CCN(Cc1ccc(-c3ccc(F)cc3)nc1)C2. The summed E-state index contributed by atoms with van der Waals surface area (Å²) in [7, 11) is 0. The van der Waals surface area contributed by atoms with Gasteiger partial charge in [-0.25, -0.2) is 14.4 Å². The molecule has 0 radical (unpaired) electrons. The molecule has 3 aromatic rings. The molecular weight excluding hydrogens is 347 g/mol. The van der Waals surface area contributed by atoms with Crippen molar-refractivity contribution in [2.45, 2.75) is 24.7 Å². The van der Waals surface area contributed by atoms with Gasteiger partial charge in [-0.1, -0.05) is 17.8 Å². The molecule has 2 aromatic heterocycles. The maximum Gasteiger partial charge on any atom is 0.187 e. The summed E-state index contributed by atoms with van der Waals surface area (Å²) in [5.41, 5.74) is 5.33. The molecule has 0 aliphatic carbocycles. The molecule has 1 aliphatic rings. The summed E-state index contributed by atoms with van der Waals surface area (Å²) >= 11 is 1.58. The van der Waals surface area contributed by atoms with Crippen LogP contribution in [0, 0.1) is 5.82 Å². The van der Waals surface area contributed by atoms with Crippen LogP contribution in [-0.2, 0) is 19.5 Å². The second-order valence-electron chi connectivity index (χ2n) is 6.35. The number of aromatic nitrogens is 3. The highest BCUT2D eigenvalue weighted by molar-refractivity contribution is 7.98. The molecule has 4 nitrogen and oxygen atoms in total. The predicted octanol–water partition coefficient (Wildman–Crippen LogP) is 3.96. The first kappa shape index (κ1) is 17.1. The number of pyridine rings is 1. The van der Waals surface area contributed by atoms with E-state index in [1.807, 2.05) is 24.7 Å². The van der Waals surface area contributed by atoms with Crippen molar-refractivity contribution >= 4 is 11.8 Å². The van der Waals surface area contributed by atoms with E-state index in [0.717, 1.165) is 42.5 Å². The van der Waals surface area contributed by atoms with Gasteiger partial charge in [0.1, 0.15) is 5.82 Å². The van der Waals surface area contributed by atoms with Crippen LogP contribution in [0.15, 0.2) is 53.9 Å². The fourth-order valence-corrected chi connectivity index (χ4v) is 3.52. The van der Waals surface area contributed by atoms with Gasteiger partial charge in [0, 0.05) is 49.6 Å². The Morgan fingerprint density at radius 3 is 2.65 bits per heavy atom. The van der Waals surface area contributed by atoms with Gasteiger partial charge in [-0.2, -0.15) is 0 Å². The first-order chi connectivity index (χ1) is 12.7. The van der Waals surface area contributed by atoms with Crippen LogP contribution in [0.4, 0.5) is 4.39 Å². The molecule has 26 heavy (non-hydrogen) atoms. The molecule has 1 aliphatic heterocycles. The normalized spacial score (nSPS) is 14.2. The van der Waals surface area contributed by atoms with Crippen LogP contribution < -0.4 is 0 Å². The van der Waals surface area contributed by atoms with Crippen LogP contribution in [0.2, 0.25) is 0 Å². The first-order valence-corrected chi connectivity index (χ1v) is 9.76. The average molecular weight is 366 g/mol. The van der Waals surface area contributed by atoms with E-state index in [0.29, 0.717) is 0 Å². The Labute approximate surface area is 156 Å². The van der Waals surface area contributed by atoms with Crippen LogP contribution in [0.1, 0.15) is 16.8 Å². The van der Waals surface area contributed by atoms with Crippen LogP contribution in [0.3, 0.4) is 0 Å². The van der Waals surface area contributed by atoms with E-state index in [2.05, 4.69) is 25.9 Å². The zero-order valence-electron chi connectivity index (χ0n) is 14.5. The van der Waals surface area contributed by atoms with Gasteiger partial charge in [0.05, 0.1) is 11.4 Å². The van der Waals surface area contributed by atoms with E-state index in [4.69, 9.17) is 0 Å². The van der Waals surface area contributed by atoms with Gasteiger partial charge >= 0.3 is 0 Å². The number of halogens is 1. The van der Waals surface area contributed by atoms with E-state index in [9.17, 15) is 4.39 Å². The summed E-state index contributed by atoms with van der Waals surface area (Å²) in [6.07, 6.45) is 6.81. The second-order valence-corrected chi connectivity index (χ2v) is 7.12. The average Bonchev–Trinajstić information content (AvgIpc) is 2.69. The molecule has 0 amide bonds. The number of fused-ring (bicyclic) bond motifs is 1. The molecular formula is C20H19FN4S. The van der Waals surface area contributed by atoms with Crippen molar-refractivity contribution in [2.24, 2.45) is 0 Å². The van der Waals surface area contributed by atoms with Crippen molar-refractivity contribution in [3.05, 3.63) is 71.4 Å². The summed E-state index contributed by atoms with van der Waals surface area (Å²) in [4.78, 5) is 15.9. The van der Waals surface area contributed by atoms with Gasteiger partial charge in [0.15, 0.2) is 5.16 Å². The Bertz CT molecular complexity index is 897. The summed E-state index contributed by atoms with van der Waals surface area (Å²) in [5.74, 6) is -0.232. The largest absolute Gasteiger partial charge is 0.294 e. The third-order valence-electron chi connectivity index (χ3n) is 4.54. The number of hydrogen-bond donors (Lipinski definition) is 0. The molecule has 0 saturated heterocycles. The molecule has 1 aromatic carbocycles. The molecule has 0 spiro atoms. The summed E-state index contributed by atoms with van der Waals surface area (Å²) < 4.78 is 13.0. The van der Waals surface area contributed by atoms with E-state index in [-0.39, 0.29) is 5.82 Å². The molecule has 6 heteroatoms. The minimum atomic E-state index is -0.232. The fourth-order valence-electron chi connectivity index (χ4n) is 3.16. The molecule has 0 atom stereocenters. The van der Waals surface area contributed by atoms with Gasteiger partial charge in [0.25, 0.3) is 0 Å². The third-order valence-corrected chi connectivity index (χ3v) is 5.11. The monoisotopic (exact) mass is 366 g/mol. The van der Waals surface area contributed by atoms with Crippen molar-refractivity contribution < 1.29 is 4.39 Å². The molecule has 4 rings (SSSR count). The summed E-state index contributed by atoms with van der Waals surface area (Å²) in [6.45, 7) is 2.70. The van der Waals surface area contributed by atoms with Crippen molar-refractivity contribution in [3.8, 4) is 11.3 Å². The highest BCUT2D eigenvalue weighted by Gasteiger charge is 2.18. The quantitative estimate of drug-likeness (QED) is 0.516. The lowest BCUT2D eigenvalue weighted by molar-refractivity contribution is 0.242. The number of thioether (sulfide) groups is 1. The number of hydrogen-bond acceptors (Lipinski definition) is 5. The summed E-state index contributed by atoms with van der Waals surface area (Å²) in [5, 5.41) is 0.845. The Balaban J connectivity index is 1.43. The van der Waals surface area contributed by atoms with Crippen molar-refractivity contribution in [2.75, 3.05) is 12.8 Å². The molecule has 0 fully saturated rings. The Kier molecular flexibility index (Phi) is 4.95.